The third kappa shape index (κ3) is 3.06. The second-order valence-electron chi connectivity index (χ2n) is 3.05. The van der Waals surface area contributed by atoms with E-state index in [0.29, 0.717) is 0 Å². The van der Waals surface area contributed by atoms with Gasteiger partial charge in [0.1, 0.15) is 5.82 Å². The topological polar surface area (TPSA) is 17.1 Å². The third-order valence-electron chi connectivity index (χ3n) is 1.82. The smallest absolute Gasteiger partial charge is 0.263 e. The summed E-state index contributed by atoms with van der Waals surface area (Å²) in [5.41, 5.74) is -0.527. The fourth-order valence-corrected chi connectivity index (χ4v) is 1.37. The van der Waals surface area contributed by atoms with E-state index in [4.69, 9.17) is 0 Å². The van der Waals surface area contributed by atoms with Crippen LogP contribution in [0.25, 0.3) is 0 Å². The van der Waals surface area contributed by atoms with Crippen LogP contribution in [0.1, 0.15) is 29.3 Å². The first-order valence-electron chi connectivity index (χ1n) is 4.18. The molecule has 82 valence electrons. The molecule has 0 aliphatic rings. The summed E-state index contributed by atoms with van der Waals surface area (Å²) in [6.45, 7) is 1.55. The molecular weight excluding hydrogens is 273 g/mol. The van der Waals surface area contributed by atoms with Crippen molar-refractivity contribution < 1.29 is 18.0 Å². The van der Waals surface area contributed by atoms with Crippen LogP contribution in [0.15, 0.2) is 18.2 Å². The number of hydrogen-bond acceptors (Lipinski definition) is 1. The highest BCUT2D eigenvalue weighted by Gasteiger charge is 2.16. The fourth-order valence-electron chi connectivity index (χ4n) is 1.11. The molecule has 0 radical (unpaired) electrons. The van der Waals surface area contributed by atoms with Gasteiger partial charge >= 0.3 is 0 Å². The summed E-state index contributed by atoms with van der Waals surface area (Å²) in [6, 6.07) is 2.68. The van der Waals surface area contributed by atoms with Crippen molar-refractivity contribution in [2.45, 2.75) is 18.2 Å². The summed E-state index contributed by atoms with van der Waals surface area (Å²) in [4.78, 5) is 10.9. The number of rotatable bonds is 3. The molecular formula is C10H8BrF3O. The standard InChI is InChI=1S/C10H8BrF3O/c1-5(11)9(15)6-2-7(10(13)14)4-8(12)3-6/h2-5,10H,1H3. The fraction of sp³-hybridized carbons (Fsp3) is 0.300. The summed E-state index contributed by atoms with van der Waals surface area (Å²) < 4.78 is 37.5. The largest absolute Gasteiger partial charge is 0.293 e. The molecule has 1 aromatic carbocycles. The molecule has 15 heavy (non-hydrogen) atoms. The van der Waals surface area contributed by atoms with Crippen molar-refractivity contribution >= 4 is 21.7 Å². The molecule has 0 aliphatic carbocycles. The lowest BCUT2D eigenvalue weighted by Gasteiger charge is -2.06. The molecule has 0 aliphatic heterocycles. The Morgan fingerprint density at radius 1 is 1.33 bits per heavy atom. The van der Waals surface area contributed by atoms with E-state index in [0.717, 1.165) is 18.2 Å². The number of Topliss-reactive ketones (excluding diaryl/α,β-unsaturated/α-hetero) is 1. The summed E-state index contributed by atoms with van der Waals surface area (Å²) in [7, 11) is 0. The molecule has 0 spiro atoms. The molecule has 0 bridgehead atoms. The van der Waals surface area contributed by atoms with Gasteiger partial charge in [0.25, 0.3) is 6.43 Å². The van der Waals surface area contributed by atoms with Gasteiger partial charge in [-0.05, 0) is 25.1 Å². The summed E-state index contributed by atoms with van der Waals surface area (Å²) in [5, 5.41) is 0. The highest BCUT2D eigenvalue weighted by molar-refractivity contribution is 9.10. The predicted octanol–water partition coefficient (Wildman–Crippen LogP) is 3.73. The number of carbonyl (C=O) groups excluding carboxylic acids is 1. The van der Waals surface area contributed by atoms with Gasteiger partial charge in [0.05, 0.1) is 4.83 Å². The molecule has 0 saturated heterocycles. The van der Waals surface area contributed by atoms with Gasteiger partial charge in [-0.3, -0.25) is 4.79 Å². The number of carbonyl (C=O) groups is 1. The van der Waals surface area contributed by atoms with Crippen LogP contribution < -0.4 is 0 Å². The zero-order chi connectivity index (χ0) is 11.6. The van der Waals surface area contributed by atoms with Crippen LogP contribution in [0.4, 0.5) is 13.2 Å². The van der Waals surface area contributed by atoms with E-state index in [9.17, 15) is 18.0 Å². The van der Waals surface area contributed by atoms with Crippen molar-refractivity contribution in [1.29, 1.82) is 0 Å². The minimum absolute atomic E-state index is 0.0466. The molecule has 1 rings (SSSR count). The van der Waals surface area contributed by atoms with Gasteiger partial charge in [0.15, 0.2) is 5.78 Å². The van der Waals surface area contributed by atoms with Crippen LogP contribution >= 0.6 is 15.9 Å². The minimum atomic E-state index is -2.78. The van der Waals surface area contributed by atoms with Crippen LogP contribution in [0.2, 0.25) is 0 Å². The van der Waals surface area contributed by atoms with E-state index in [1.807, 2.05) is 0 Å². The number of benzene rings is 1. The highest BCUT2D eigenvalue weighted by atomic mass is 79.9. The van der Waals surface area contributed by atoms with Crippen molar-refractivity contribution in [3.05, 3.63) is 35.1 Å². The second kappa shape index (κ2) is 4.79. The van der Waals surface area contributed by atoms with Crippen LogP contribution in [0, 0.1) is 5.82 Å². The Morgan fingerprint density at radius 2 is 1.93 bits per heavy atom. The lowest BCUT2D eigenvalue weighted by atomic mass is 10.1. The molecule has 0 saturated carbocycles. The highest BCUT2D eigenvalue weighted by Crippen LogP contribution is 2.22. The summed E-state index contributed by atoms with van der Waals surface area (Å²) in [6.07, 6.45) is -2.78. The van der Waals surface area contributed by atoms with Crippen molar-refractivity contribution in [3.63, 3.8) is 0 Å². The van der Waals surface area contributed by atoms with Crippen molar-refractivity contribution in [3.8, 4) is 0 Å². The maximum absolute atomic E-state index is 12.9. The lowest BCUT2D eigenvalue weighted by Crippen LogP contribution is -2.10. The Bertz CT molecular complexity index is 377. The van der Waals surface area contributed by atoms with Crippen LogP contribution in [0.3, 0.4) is 0 Å². The normalized spacial score (nSPS) is 12.9. The van der Waals surface area contributed by atoms with Gasteiger partial charge in [-0.15, -0.1) is 0 Å². The number of halogens is 4. The zero-order valence-electron chi connectivity index (χ0n) is 7.81. The molecule has 1 nitrogen and oxygen atoms in total. The van der Waals surface area contributed by atoms with Crippen LogP contribution in [-0.4, -0.2) is 10.6 Å². The number of ketones is 1. The second-order valence-corrected chi connectivity index (χ2v) is 4.43. The van der Waals surface area contributed by atoms with E-state index in [-0.39, 0.29) is 5.56 Å². The molecule has 0 heterocycles. The Kier molecular flexibility index (Phi) is 3.90. The quantitative estimate of drug-likeness (QED) is 0.609. The van der Waals surface area contributed by atoms with Crippen molar-refractivity contribution in [1.82, 2.24) is 0 Å². The van der Waals surface area contributed by atoms with Gasteiger partial charge in [-0.25, -0.2) is 13.2 Å². The van der Waals surface area contributed by atoms with Gasteiger partial charge in [-0.1, -0.05) is 15.9 Å². The maximum atomic E-state index is 12.9. The van der Waals surface area contributed by atoms with Crippen molar-refractivity contribution in [2.75, 3.05) is 0 Å². The monoisotopic (exact) mass is 280 g/mol. The van der Waals surface area contributed by atoms with E-state index < -0.39 is 28.4 Å². The van der Waals surface area contributed by atoms with Crippen LogP contribution in [-0.2, 0) is 0 Å². The van der Waals surface area contributed by atoms with Gasteiger partial charge in [0, 0.05) is 11.1 Å². The first-order chi connectivity index (χ1) is 6.91. The molecule has 1 aromatic rings. The average molecular weight is 281 g/mol. The number of alkyl halides is 3. The minimum Gasteiger partial charge on any atom is -0.293 e. The maximum Gasteiger partial charge on any atom is 0.263 e. The van der Waals surface area contributed by atoms with E-state index >= 15 is 0 Å². The zero-order valence-corrected chi connectivity index (χ0v) is 9.39. The summed E-state index contributed by atoms with van der Waals surface area (Å²) >= 11 is 3.00. The first-order valence-corrected chi connectivity index (χ1v) is 5.10. The molecule has 1 atom stereocenters. The van der Waals surface area contributed by atoms with E-state index in [1.165, 1.54) is 0 Å². The summed E-state index contributed by atoms with van der Waals surface area (Å²) in [5.74, 6) is -1.25. The molecule has 5 heteroatoms. The molecule has 0 N–H and O–H groups in total. The molecule has 1 unspecified atom stereocenters. The molecule has 0 aromatic heterocycles. The number of hydrogen-bond donors (Lipinski definition) is 0. The SMILES string of the molecule is CC(Br)C(=O)c1cc(F)cc(C(F)F)c1. The van der Waals surface area contributed by atoms with E-state index in [2.05, 4.69) is 15.9 Å². The molecule has 0 fully saturated rings. The third-order valence-corrected chi connectivity index (χ3v) is 2.23. The Hall–Kier alpha value is -0.840. The predicted molar refractivity (Wildman–Crippen MR) is 54.1 cm³/mol. The molecule has 0 amide bonds. The first kappa shape index (κ1) is 12.2. The Morgan fingerprint density at radius 3 is 2.40 bits per heavy atom. The Balaban J connectivity index is 3.14. The lowest BCUT2D eigenvalue weighted by molar-refractivity contribution is 0.0994. The van der Waals surface area contributed by atoms with Crippen LogP contribution in [0.5, 0.6) is 0 Å². The van der Waals surface area contributed by atoms with Gasteiger partial charge in [0.2, 0.25) is 0 Å². The Labute approximate surface area is 93.4 Å². The van der Waals surface area contributed by atoms with Gasteiger partial charge < -0.3 is 0 Å². The van der Waals surface area contributed by atoms with Crippen molar-refractivity contribution in [2.24, 2.45) is 0 Å². The van der Waals surface area contributed by atoms with Gasteiger partial charge in [-0.2, -0.15) is 0 Å². The average Bonchev–Trinajstić information content (AvgIpc) is 2.15. The van der Waals surface area contributed by atoms with E-state index in [1.54, 1.807) is 6.92 Å².